The quantitative estimate of drug-likeness (QED) is 0.896. The van der Waals surface area contributed by atoms with Crippen LogP contribution in [0.1, 0.15) is 5.56 Å². The molecule has 0 amide bonds. The Kier molecular flexibility index (Phi) is 4.97. The van der Waals surface area contributed by atoms with Gasteiger partial charge in [0.15, 0.2) is 5.82 Å². The molecule has 0 aliphatic carbocycles. The normalized spacial score (nSPS) is 13.3. The molecule has 1 aromatic carbocycles. The number of rotatable bonds is 2. The van der Waals surface area contributed by atoms with Crippen LogP contribution in [0.2, 0.25) is 0 Å². The van der Waals surface area contributed by atoms with E-state index < -0.39 is 0 Å². The Morgan fingerprint density at radius 2 is 2.21 bits per heavy atom. The summed E-state index contributed by atoms with van der Waals surface area (Å²) >= 11 is 0. The van der Waals surface area contributed by atoms with Crippen LogP contribution in [0.4, 0.5) is 10.1 Å². The first kappa shape index (κ1) is 15.5. The number of hydrazine groups is 1. The monoisotopic (exact) mass is 305 g/mol. The average molecular weight is 306 g/mol. The number of aliphatic imine (C=N–C) groups is 1. The van der Waals surface area contributed by atoms with E-state index in [4.69, 9.17) is 0 Å². The van der Waals surface area contributed by atoms with E-state index in [0.717, 1.165) is 29.9 Å². The maximum absolute atomic E-state index is 13.8. The first-order valence-corrected chi connectivity index (χ1v) is 5.41. The van der Waals surface area contributed by atoms with Gasteiger partial charge < -0.3 is 4.98 Å². The largest absolute Gasteiger partial charge is 0.344 e. The van der Waals surface area contributed by atoms with Crippen molar-refractivity contribution in [2.75, 3.05) is 18.5 Å². The fraction of sp³-hybridized carbons (Fsp3) is 0.273. The summed E-state index contributed by atoms with van der Waals surface area (Å²) in [5.41, 5.74) is 5.90. The molecule has 0 bridgehead atoms. The summed E-state index contributed by atoms with van der Waals surface area (Å²) in [5, 5.41) is 1.84. The van der Waals surface area contributed by atoms with Crippen molar-refractivity contribution >= 4 is 47.9 Å². The number of nitrogens with zero attached hydrogens (tertiary/aromatic N) is 3. The number of H-pyrrole nitrogens is 1. The highest BCUT2D eigenvalue weighted by atomic mass is 35.5. The molecule has 104 valence electrons. The van der Waals surface area contributed by atoms with Crippen LogP contribution in [0.15, 0.2) is 17.4 Å². The topological polar surface area (TPSA) is 56.3 Å². The molecule has 2 aromatic rings. The van der Waals surface area contributed by atoms with Gasteiger partial charge in [-0.1, -0.05) is 0 Å². The number of aromatic nitrogens is 2. The number of benzene rings is 1. The van der Waals surface area contributed by atoms with Crippen molar-refractivity contribution in [3.8, 4) is 0 Å². The number of nitrogens with one attached hydrogen (secondary N) is 2. The van der Waals surface area contributed by atoms with E-state index in [9.17, 15) is 4.39 Å². The minimum atomic E-state index is -0.328. The molecule has 0 saturated carbocycles. The Bertz CT molecular complexity index is 598. The van der Waals surface area contributed by atoms with Gasteiger partial charge in [-0.15, -0.1) is 24.8 Å². The van der Waals surface area contributed by atoms with E-state index in [1.54, 1.807) is 6.34 Å². The lowest BCUT2D eigenvalue weighted by Gasteiger charge is -2.18. The van der Waals surface area contributed by atoms with Gasteiger partial charge in [0.1, 0.15) is 11.9 Å². The number of fused-ring (bicyclic) bond motifs is 1. The fourth-order valence-electron chi connectivity index (χ4n) is 1.93. The van der Waals surface area contributed by atoms with Gasteiger partial charge in [0.2, 0.25) is 0 Å². The predicted molar refractivity (Wildman–Crippen MR) is 79.0 cm³/mol. The van der Waals surface area contributed by atoms with E-state index in [-0.39, 0.29) is 30.6 Å². The van der Waals surface area contributed by atoms with Crippen molar-refractivity contribution in [3.05, 3.63) is 23.8 Å². The Labute approximate surface area is 122 Å². The maximum Gasteiger partial charge on any atom is 0.153 e. The number of aryl methyl sites for hydroxylation is 1. The average Bonchev–Trinajstić information content (AvgIpc) is 2.96. The molecule has 0 unspecified atom stereocenters. The lowest BCUT2D eigenvalue weighted by atomic mass is 10.1. The third-order valence-electron chi connectivity index (χ3n) is 2.87. The van der Waals surface area contributed by atoms with Gasteiger partial charge >= 0.3 is 0 Å². The Morgan fingerprint density at radius 1 is 1.42 bits per heavy atom. The van der Waals surface area contributed by atoms with Crippen molar-refractivity contribution in [2.45, 2.75) is 6.92 Å². The Hall–Kier alpha value is -1.53. The minimum Gasteiger partial charge on any atom is -0.344 e. The molecule has 0 spiro atoms. The van der Waals surface area contributed by atoms with Crippen molar-refractivity contribution in [2.24, 2.45) is 4.99 Å². The van der Waals surface area contributed by atoms with E-state index in [1.165, 1.54) is 12.4 Å². The molecule has 3 rings (SSSR count). The first-order chi connectivity index (χ1) is 8.25. The highest BCUT2D eigenvalue weighted by Crippen LogP contribution is 2.26. The standard InChI is InChI=1S/C11H12FN5.2ClH/c1-7-9(16-17-3-2-13-6-17)4-8(12)11-10(7)14-5-15-11;;/h4-6,16H,2-3H2,1H3,(H,14,15);2*1H. The SMILES string of the molecule is Cc1c(NN2C=NCC2)cc(F)c2nc[nH]c12.Cl.Cl. The van der Waals surface area contributed by atoms with Gasteiger partial charge in [0, 0.05) is 6.07 Å². The third kappa shape index (κ3) is 2.74. The molecule has 5 nitrogen and oxygen atoms in total. The van der Waals surface area contributed by atoms with E-state index in [1.807, 2.05) is 11.9 Å². The summed E-state index contributed by atoms with van der Waals surface area (Å²) in [6.07, 6.45) is 3.22. The van der Waals surface area contributed by atoms with E-state index >= 15 is 0 Å². The molecule has 0 radical (unpaired) electrons. The van der Waals surface area contributed by atoms with Crippen LogP contribution in [-0.4, -0.2) is 34.4 Å². The van der Waals surface area contributed by atoms with Crippen LogP contribution in [0.5, 0.6) is 0 Å². The summed E-state index contributed by atoms with van der Waals surface area (Å²) in [6.45, 7) is 3.48. The highest BCUT2D eigenvalue weighted by molar-refractivity contribution is 5.86. The van der Waals surface area contributed by atoms with Crippen molar-refractivity contribution < 1.29 is 4.39 Å². The molecule has 1 aliphatic heterocycles. The number of imidazole rings is 1. The van der Waals surface area contributed by atoms with E-state index in [2.05, 4.69) is 20.4 Å². The number of aromatic amines is 1. The third-order valence-corrected chi connectivity index (χ3v) is 2.87. The van der Waals surface area contributed by atoms with Crippen molar-refractivity contribution in [1.29, 1.82) is 0 Å². The molecule has 0 saturated heterocycles. The molecule has 19 heavy (non-hydrogen) atoms. The van der Waals surface area contributed by atoms with Crippen LogP contribution in [-0.2, 0) is 0 Å². The van der Waals surface area contributed by atoms with Gasteiger partial charge in [0.05, 0.1) is 30.6 Å². The van der Waals surface area contributed by atoms with Gasteiger partial charge in [-0.2, -0.15) is 0 Å². The molecule has 1 aromatic heterocycles. The molecule has 8 heteroatoms. The zero-order valence-corrected chi connectivity index (χ0v) is 11.8. The molecular formula is C11H14Cl2FN5. The molecule has 2 heterocycles. The van der Waals surface area contributed by atoms with Crippen LogP contribution in [0, 0.1) is 12.7 Å². The smallest absolute Gasteiger partial charge is 0.153 e. The summed E-state index contributed by atoms with van der Waals surface area (Å²) in [4.78, 5) is 11.0. The van der Waals surface area contributed by atoms with Crippen molar-refractivity contribution in [3.63, 3.8) is 0 Å². The van der Waals surface area contributed by atoms with Crippen LogP contribution in [0.25, 0.3) is 11.0 Å². The summed E-state index contributed by atoms with van der Waals surface area (Å²) in [6, 6.07) is 1.46. The van der Waals surface area contributed by atoms with Crippen LogP contribution >= 0.6 is 24.8 Å². The van der Waals surface area contributed by atoms with Gasteiger partial charge in [-0.05, 0) is 12.5 Å². The number of anilines is 1. The van der Waals surface area contributed by atoms with Crippen LogP contribution < -0.4 is 5.43 Å². The summed E-state index contributed by atoms with van der Waals surface area (Å²) < 4.78 is 13.8. The van der Waals surface area contributed by atoms with Gasteiger partial charge in [-0.25, -0.2) is 9.37 Å². The number of hydrogen-bond donors (Lipinski definition) is 2. The molecule has 2 N–H and O–H groups in total. The molecule has 0 fully saturated rings. The number of halogens is 3. The first-order valence-electron chi connectivity index (χ1n) is 5.41. The fourth-order valence-corrected chi connectivity index (χ4v) is 1.93. The second kappa shape index (κ2) is 6.08. The lowest BCUT2D eigenvalue weighted by Crippen LogP contribution is -2.27. The zero-order chi connectivity index (χ0) is 11.8. The lowest BCUT2D eigenvalue weighted by molar-refractivity contribution is 0.555. The minimum absolute atomic E-state index is 0. The summed E-state index contributed by atoms with van der Waals surface area (Å²) in [7, 11) is 0. The second-order valence-electron chi connectivity index (χ2n) is 3.98. The van der Waals surface area contributed by atoms with Gasteiger partial charge in [-0.3, -0.25) is 15.4 Å². The molecule has 1 aliphatic rings. The second-order valence-corrected chi connectivity index (χ2v) is 3.98. The van der Waals surface area contributed by atoms with Crippen LogP contribution in [0.3, 0.4) is 0 Å². The Balaban J connectivity index is 0.000000902. The highest BCUT2D eigenvalue weighted by Gasteiger charge is 2.13. The zero-order valence-electron chi connectivity index (χ0n) is 10.2. The van der Waals surface area contributed by atoms with E-state index in [0.29, 0.717) is 5.52 Å². The molecular weight excluding hydrogens is 292 g/mol. The molecule has 0 atom stereocenters. The van der Waals surface area contributed by atoms with Crippen molar-refractivity contribution in [1.82, 2.24) is 15.0 Å². The van der Waals surface area contributed by atoms with Gasteiger partial charge in [0.25, 0.3) is 0 Å². The maximum atomic E-state index is 13.8. The number of hydrogen-bond acceptors (Lipinski definition) is 4. The summed E-state index contributed by atoms with van der Waals surface area (Å²) in [5.74, 6) is -0.328. The predicted octanol–water partition coefficient (Wildman–Crippen LogP) is 2.52. The Morgan fingerprint density at radius 3 is 2.89 bits per heavy atom.